The summed E-state index contributed by atoms with van der Waals surface area (Å²) < 4.78 is 5.39. The predicted molar refractivity (Wildman–Crippen MR) is 101 cm³/mol. The smallest absolute Gasteiger partial charge is 0.319 e. The number of thioether (sulfide) groups is 1. The number of benzene rings is 1. The topological polar surface area (TPSA) is 95.9 Å². The van der Waals surface area contributed by atoms with Crippen molar-refractivity contribution in [1.29, 1.82) is 0 Å². The minimum atomic E-state index is -0.750. The quantitative estimate of drug-likeness (QED) is 0.379. The molecule has 2 unspecified atom stereocenters. The van der Waals surface area contributed by atoms with Crippen molar-refractivity contribution in [2.24, 2.45) is 5.92 Å². The summed E-state index contributed by atoms with van der Waals surface area (Å²) in [5, 5.41) is 24.8. The molecule has 1 aliphatic heterocycles. The van der Waals surface area contributed by atoms with E-state index in [9.17, 15) is 19.8 Å². The fraction of sp³-hybridized carbons (Fsp3) is 0.474. The van der Waals surface area contributed by atoms with Gasteiger partial charge in [0.05, 0.1) is 18.6 Å². The highest BCUT2D eigenvalue weighted by molar-refractivity contribution is 8.02. The van der Waals surface area contributed by atoms with Gasteiger partial charge in [-0.3, -0.25) is 9.59 Å². The van der Waals surface area contributed by atoms with Crippen molar-refractivity contribution in [3.05, 3.63) is 40.3 Å². The molecule has 2 atom stereocenters. The van der Waals surface area contributed by atoms with Gasteiger partial charge in [-0.15, -0.1) is 11.8 Å². The van der Waals surface area contributed by atoms with Gasteiger partial charge in [-0.2, -0.15) is 0 Å². The number of β-amino-alcohol motifs (C(OH)–C–C–N with tert-alkyl or cyclic N) is 1. The number of hydrogen-bond donors (Lipinski definition) is 3. The van der Waals surface area contributed by atoms with Gasteiger partial charge in [0.15, 0.2) is 0 Å². The van der Waals surface area contributed by atoms with Crippen molar-refractivity contribution >= 4 is 24.0 Å². The van der Waals surface area contributed by atoms with Crippen molar-refractivity contribution in [2.45, 2.75) is 39.0 Å². The second-order valence-corrected chi connectivity index (χ2v) is 8.12. The third kappa shape index (κ3) is 5.41. The Balaban J connectivity index is 2.09. The molecule has 0 aliphatic carbocycles. The summed E-state index contributed by atoms with van der Waals surface area (Å²) in [6.07, 6.45) is -0.0827. The predicted octanol–water partition coefficient (Wildman–Crippen LogP) is 1.95. The zero-order valence-electron chi connectivity index (χ0n) is 15.2. The fourth-order valence-electron chi connectivity index (χ4n) is 2.46. The SMILES string of the molecule is CC(C)(C)NCC(O)c1ccc(OC(=O)C2CSC=C2C=O)c(CO)c1. The lowest BCUT2D eigenvalue weighted by atomic mass is 10.0. The van der Waals surface area contributed by atoms with Crippen LogP contribution >= 0.6 is 11.8 Å². The first kappa shape index (κ1) is 20.6. The molecule has 0 radical (unpaired) electrons. The summed E-state index contributed by atoms with van der Waals surface area (Å²) in [6, 6.07) is 4.85. The molecule has 0 saturated carbocycles. The van der Waals surface area contributed by atoms with Crippen LogP contribution in [0.1, 0.15) is 38.0 Å². The van der Waals surface area contributed by atoms with Gasteiger partial charge in [0, 0.05) is 29.0 Å². The standard InChI is InChI=1S/C19H25NO5S/c1-19(2,3)20-7-16(23)12-4-5-17(13(6-12)8-21)25-18(24)15-11-26-10-14(15)9-22/h4-6,9-10,15-16,20-21,23H,7-8,11H2,1-3H3. The minimum absolute atomic E-state index is 0.126. The lowest BCUT2D eigenvalue weighted by Crippen LogP contribution is -2.38. The second-order valence-electron chi connectivity index (χ2n) is 7.21. The molecule has 7 heteroatoms. The number of carbonyl (C=O) groups is 2. The van der Waals surface area contributed by atoms with Crippen LogP contribution in [0, 0.1) is 5.92 Å². The highest BCUT2D eigenvalue weighted by Gasteiger charge is 2.29. The number of rotatable bonds is 7. The zero-order valence-corrected chi connectivity index (χ0v) is 16.0. The molecule has 0 bridgehead atoms. The van der Waals surface area contributed by atoms with Crippen molar-refractivity contribution in [3.8, 4) is 5.75 Å². The van der Waals surface area contributed by atoms with Gasteiger partial charge < -0.3 is 20.3 Å². The monoisotopic (exact) mass is 379 g/mol. The largest absolute Gasteiger partial charge is 0.426 e. The molecule has 0 amide bonds. The molecule has 1 aliphatic rings. The van der Waals surface area contributed by atoms with Crippen LogP contribution in [0.3, 0.4) is 0 Å². The summed E-state index contributed by atoms with van der Waals surface area (Å²) in [5.41, 5.74) is 1.31. The molecule has 0 fully saturated rings. The summed E-state index contributed by atoms with van der Waals surface area (Å²) in [7, 11) is 0. The van der Waals surface area contributed by atoms with E-state index < -0.39 is 18.0 Å². The van der Waals surface area contributed by atoms with Crippen LogP contribution in [-0.4, -0.2) is 40.3 Å². The molecule has 0 spiro atoms. The van der Waals surface area contributed by atoms with E-state index in [4.69, 9.17) is 4.74 Å². The van der Waals surface area contributed by atoms with Crippen LogP contribution in [0.2, 0.25) is 0 Å². The highest BCUT2D eigenvalue weighted by atomic mass is 32.2. The van der Waals surface area contributed by atoms with Gasteiger partial charge in [0.25, 0.3) is 0 Å². The van der Waals surface area contributed by atoms with E-state index in [1.807, 2.05) is 20.8 Å². The summed E-state index contributed by atoms with van der Waals surface area (Å²) in [5.74, 6) is -0.410. The maximum absolute atomic E-state index is 12.3. The van der Waals surface area contributed by atoms with Gasteiger partial charge in [0.2, 0.25) is 0 Å². The van der Waals surface area contributed by atoms with Crippen LogP contribution in [-0.2, 0) is 16.2 Å². The fourth-order valence-corrected chi connectivity index (χ4v) is 3.49. The Morgan fingerprint density at radius 2 is 2.19 bits per heavy atom. The van der Waals surface area contributed by atoms with Crippen LogP contribution in [0.15, 0.2) is 29.2 Å². The van der Waals surface area contributed by atoms with E-state index in [-0.39, 0.29) is 17.9 Å². The Morgan fingerprint density at radius 1 is 1.46 bits per heavy atom. The number of hydrogen-bond acceptors (Lipinski definition) is 7. The van der Waals surface area contributed by atoms with Crippen molar-refractivity contribution in [1.82, 2.24) is 5.32 Å². The molecular weight excluding hydrogens is 354 g/mol. The second kappa shape index (κ2) is 8.81. The first-order valence-corrected chi connectivity index (χ1v) is 9.45. The number of ether oxygens (including phenoxy) is 1. The number of aldehydes is 1. The molecular formula is C19H25NO5S. The molecule has 1 aromatic carbocycles. The van der Waals surface area contributed by atoms with Gasteiger partial charge in [-0.25, -0.2) is 0 Å². The van der Waals surface area contributed by atoms with E-state index >= 15 is 0 Å². The molecule has 26 heavy (non-hydrogen) atoms. The maximum Gasteiger partial charge on any atom is 0.319 e. The van der Waals surface area contributed by atoms with E-state index in [1.54, 1.807) is 23.6 Å². The Bertz CT molecular complexity index is 696. The number of aliphatic hydroxyl groups excluding tert-OH is 2. The van der Waals surface area contributed by atoms with Gasteiger partial charge in [-0.1, -0.05) is 6.07 Å². The first-order valence-electron chi connectivity index (χ1n) is 8.40. The van der Waals surface area contributed by atoms with E-state index in [2.05, 4.69) is 5.32 Å². The molecule has 1 aromatic rings. The molecule has 0 aromatic heterocycles. The number of esters is 1. The number of nitrogens with one attached hydrogen (secondary N) is 1. The molecule has 6 nitrogen and oxygen atoms in total. The zero-order chi connectivity index (χ0) is 19.3. The lowest BCUT2D eigenvalue weighted by molar-refractivity contribution is -0.137. The van der Waals surface area contributed by atoms with Crippen molar-refractivity contribution < 1.29 is 24.5 Å². The third-order valence-electron chi connectivity index (χ3n) is 3.98. The molecule has 3 N–H and O–H groups in total. The van der Waals surface area contributed by atoms with Crippen LogP contribution < -0.4 is 10.1 Å². The minimum Gasteiger partial charge on any atom is -0.426 e. The molecule has 0 saturated heterocycles. The highest BCUT2D eigenvalue weighted by Crippen LogP contribution is 2.30. The van der Waals surface area contributed by atoms with Crippen LogP contribution in [0.5, 0.6) is 5.75 Å². The Morgan fingerprint density at radius 3 is 2.81 bits per heavy atom. The number of aliphatic hydroxyl groups is 2. The molecule has 142 valence electrons. The molecule has 1 heterocycles. The van der Waals surface area contributed by atoms with Gasteiger partial charge >= 0.3 is 5.97 Å². The van der Waals surface area contributed by atoms with E-state index in [0.717, 1.165) is 0 Å². The van der Waals surface area contributed by atoms with Gasteiger partial charge in [-0.05, 0) is 43.9 Å². The summed E-state index contributed by atoms with van der Waals surface area (Å²) in [6.45, 7) is 6.05. The molecule has 2 rings (SSSR count). The van der Waals surface area contributed by atoms with Crippen molar-refractivity contribution in [2.75, 3.05) is 12.3 Å². The van der Waals surface area contributed by atoms with Crippen LogP contribution in [0.25, 0.3) is 0 Å². The average Bonchev–Trinajstić information content (AvgIpc) is 3.08. The van der Waals surface area contributed by atoms with Crippen LogP contribution in [0.4, 0.5) is 0 Å². The Hall–Kier alpha value is -1.67. The van der Waals surface area contributed by atoms with E-state index in [0.29, 0.717) is 35.3 Å². The first-order chi connectivity index (χ1) is 12.2. The summed E-state index contributed by atoms with van der Waals surface area (Å²) in [4.78, 5) is 23.3. The normalized spacial score (nSPS) is 18.3. The summed E-state index contributed by atoms with van der Waals surface area (Å²) >= 11 is 1.39. The number of carbonyl (C=O) groups excluding carboxylic acids is 2. The average molecular weight is 379 g/mol. The van der Waals surface area contributed by atoms with Gasteiger partial charge in [0.1, 0.15) is 12.0 Å². The lowest BCUT2D eigenvalue weighted by Gasteiger charge is -2.23. The van der Waals surface area contributed by atoms with E-state index in [1.165, 1.54) is 11.8 Å². The Labute approximate surface area is 157 Å². The third-order valence-corrected chi connectivity index (χ3v) is 4.95. The maximum atomic E-state index is 12.3. The van der Waals surface area contributed by atoms with Crippen molar-refractivity contribution in [3.63, 3.8) is 0 Å². The Kier molecular flexibility index (Phi) is 7.00.